The number of rotatable bonds is 7. The zero-order valence-corrected chi connectivity index (χ0v) is 20.8. The summed E-state index contributed by atoms with van der Waals surface area (Å²) in [6.07, 6.45) is 3.52. The number of hydrazone groups is 1. The number of H-pyrrole nitrogens is 1. The summed E-state index contributed by atoms with van der Waals surface area (Å²) < 4.78 is 0. The van der Waals surface area contributed by atoms with E-state index in [9.17, 15) is 5.11 Å². The van der Waals surface area contributed by atoms with Crippen LogP contribution >= 0.6 is 34.5 Å². The number of phenolic OH excluding ortho intramolecular Hbond substituents is 1. The van der Waals surface area contributed by atoms with Crippen LogP contribution in [0.5, 0.6) is 5.75 Å². The Morgan fingerprint density at radius 1 is 1.12 bits per heavy atom. The third kappa shape index (κ3) is 4.56. The van der Waals surface area contributed by atoms with Crippen LogP contribution in [0, 0.1) is 0 Å². The summed E-state index contributed by atoms with van der Waals surface area (Å²) in [7, 11) is 0. The van der Waals surface area contributed by atoms with Crippen LogP contribution in [0.25, 0.3) is 11.3 Å². The van der Waals surface area contributed by atoms with Crippen LogP contribution in [-0.2, 0) is 6.42 Å². The van der Waals surface area contributed by atoms with Gasteiger partial charge in [-0.2, -0.15) is 5.10 Å². The van der Waals surface area contributed by atoms with Crippen molar-refractivity contribution in [2.45, 2.75) is 38.6 Å². The highest BCUT2D eigenvalue weighted by Gasteiger charge is 2.35. The first-order valence-corrected chi connectivity index (χ1v) is 12.8. The van der Waals surface area contributed by atoms with Crippen molar-refractivity contribution in [3.8, 4) is 17.0 Å². The number of aromatic nitrogens is 3. The van der Waals surface area contributed by atoms with E-state index >= 15 is 0 Å². The summed E-state index contributed by atoms with van der Waals surface area (Å²) in [5.41, 5.74) is 4.11. The molecule has 0 amide bonds. The maximum Gasteiger partial charge on any atom is 0.207 e. The number of halogens is 2. The third-order valence-electron chi connectivity index (χ3n) is 5.79. The van der Waals surface area contributed by atoms with E-state index in [4.69, 9.17) is 33.3 Å². The number of hydrogen-bond donors (Lipinski definition) is 2. The maximum absolute atomic E-state index is 10.4. The number of hydrogen-bond acceptors (Lipinski definition) is 6. The van der Waals surface area contributed by atoms with Gasteiger partial charge >= 0.3 is 0 Å². The summed E-state index contributed by atoms with van der Waals surface area (Å²) in [5, 5.41) is 21.1. The third-order valence-corrected chi connectivity index (χ3v) is 7.16. The van der Waals surface area contributed by atoms with Crippen molar-refractivity contribution in [1.82, 2.24) is 15.0 Å². The van der Waals surface area contributed by atoms with Gasteiger partial charge in [-0.1, -0.05) is 60.8 Å². The van der Waals surface area contributed by atoms with E-state index in [0.29, 0.717) is 22.2 Å². The average Bonchev–Trinajstić information content (AvgIpc) is 3.56. The minimum Gasteiger partial charge on any atom is -0.507 e. The lowest BCUT2D eigenvalue weighted by molar-refractivity contribution is 0.474. The van der Waals surface area contributed by atoms with Crippen LogP contribution in [0.1, 0.15) is 49.3 Å². The van der Waals surface area contributed by atoms with Crippen molar-refractivity contribution in [3.63, 3.8) is 0 Å². The van der Waals surface area contributed by atoms with Crippen LogP contribution in [0.2, 0.25) is 10.2 Å². The molecule has 0 fully saturated rings. The molecular weight excluding hydrogens is 489 g/mol. The van der Waals surface area contributed by atoms with E-state index in [1.165, 1.54) is 11.3 Å². The van der Waals surface area contributed by atoms with Crippen LogP contribution in [0.15, 0.2) is 59.0 Å². The molecule has 1 unspecified atom stereocenters. The Hall–Kier alpha value is -2.87. The first-order valence-electron chi connectivity index (χ1n) is 11.1. The Labute approximate surface area is 211 Å². The van der Waals surface area contributed by atoms with E-state index < -0.39 is 0 Å². The number of benzene rings is 2. The minimum atomic E-state index is -0.214. The summed E-state index contributed by atoms with van der Waals surface area (Å²) in [5.74, 6) is 1.07. The number of aromatic hydroxyl groups is 1. The fraction of sp³-hybridized carbons (Fsp3) is 0.240. The molecule has 1 aliphatic heterocycles. The standard InChI is InChI=1S/C25H23Cl2N5OS/c1-2-3-8-22-29-23(24(27)30-22)20-13-18(17-6-4-5-7-21(17)33)31-32(20)25-28-19(14-34-25)15-9-11-16(26)12-10-15/h4-7,9-12,14,20,33H,2-3,8,13H2,1H3,(H,29,30). The Morgan fingerprint density at radius 3 is 2.68 bits per heavy atom. The molecule has 3 heterocycles. The molecule has 1 aliphatic rings. The van der Waals surface area contributed by atoms with Gasteiger partial charge in [-0.3, -0.25) is 0 Å². The molecule has 0 saturated carbocycles. The highest BCUT2D eigenvalue weighted by Crippen LogP contribution is 2.41. The number of nitrogens with zero attached hydrogens (tertiary/aromatic N) is 4. The van der Waals surface area contributed by atoms with Crippen molar-refractivity contribution < 1.29 is 5.11 Å². The highest BCUT2D eigenvalue weighted by molar-refractivity contribution is 7.14. The van der Waals surface area contributed by atoms with Gasteiger partial charge < -0.3 is 10.1 Å². The monoisotopic (exact) mass is 511 g/mol. The zero-order valence-electron chi connectivity index (χ0n) is 18.5. The van der Waals surface area contributed by atoms with Crippen LogP contribution < -0.4 is 5.01 Å². The normalized spacial score (nSPS) is 15.7. The Bertz CT molecular complexity index is 1330. The van der Waals surface area contributed by atoms with Gasteiger partial charge in [-0.25, -0.2) is 15.0 Å². The molecule has 0 saturated heterocycles. The topological polar surface area (TPSA) is 77.4 Å². The molecule has 0 aliphatic carbocycles. The van der Waals surface area contributed by atoms with E-state index in [-0.39, 0.29) is 11.8 Å². The lowest BCUT2D eigenvalue weighted by Crippen LogP contribution is -2.19. The highest BCUT2D eigenvalue weighted by atomic mass is 35.5. The molecule has 4 aromatic rings. The SMILES string of the molecule is CCCCc1nc(Cl)c(C2CC(c3ccccc3O)=NN2c2nc(-c3ccc(Cl)cc3)cs2)[nH]1. The number of aromatic amines is 1. The quantitative estimate of drug-likeness (QED) is 0.274. The molecule has 174 valence electrons. The first-order chi connectivity index (χ1) is 16.5. The van der Waals surface area contributed by atoms with Gasteiger partial charge in [0.25, 0.3) is 0 Å². The van der Waals surface area contributed by atoms with Gasteiger partial charge in [0.15, 0.2) is 5.15 Å². The molecule has 6 nitrogen and oxygen atoms in total. The number of thiazole rings is 1. The number of unbranched alkanes of at least 4 members (excludes halogenated alkanes) is 1. The fourth-order valence-corrected chi connectivity index (χ4v) is 5.25. The Kier molecular flexibility index (Phi) is 6.59. The van der Waals surface area contributed by atoms with Crippen LogP contribution in [-0.4, -0.2) is 25.8 Å². The molecule has 9 heteroatoms. The van der Waals surface area contributed by atoms with Crippen molar-refractivity contribution >= 4 is 45.4 Å². The summed E-state index contributed by atoms with van der Waals surface area (Å²) >= 11 is 14.2. The molecule has 0 spiro atoms. The lowest BCUT2D eigenvalue weighted by Gasteiger charge is -2.20. The number of nitrogens with one attached hydrogen (secondary N) is 1. The Balaban J connectivity index is 1.53. The summed E-state index contributed by atoms with van der Waals surface area (Å²) in [6, 6.07) is 14.6. The average molecular weight is 512 g/mol. The number of imidazole rings is 1. The van der Waals surface area contributed by atoms with Crippen molar-refractivity contribution in [1.29, 1.82) is 0 Å². The molecular formula is C25H23Cl2N5OS. The predicted molar refractivity (Wildman–Crippen MR) is 139 cm³/mol. The Morgan fingerprint density at radius 2 is 1.91 bits per heavy atom. The minimum absolute atomic E-state index is 0.196. The largest absolute Gasteiger partial charge is 0.507 e. The van der Waals surface area contributed by atoms with Crippen molar-refractivity contribution in [3.05, 3.63) is 81.2 Å². The van der Waals surface area contributed by atoms with E-state index in [1.807, 2.05) is 46.8 Å². The fourth-order valence-electron chi connectivity index (χ4n) is 4.01. The number of aryl methyl sites for hydroxylation is 1. The van der Waals surface area contributed by atoms with Crippen molar-refractivity contribution in [2.24, 2.45) is 5.10 Å². The zero-order chi connectivity index (χ0) is 23.7. The lowest BCUT2D eigenvalue weighted by atomic mass is 10.0. The van der Waals surface area contributed by atoms with Gasteiger partial charge in [0.2, 0.25) is 5.13 Å². The summed E-state index contributed by atoms with van der Waals surface area (Å²) in [4.78, 5) is 12.8. The number of para-hydroxylation sites is 1. The van der Waals surface area contributed by atoms with Gasteiger partial charge in [0, 0.05) is 34.4 Å². The van der Waals surface area contributed by atoms with Gasteiger partial charge in [0.05, 0.1) is 17.1 Å². The second-order valence-corrected chi connectivity index (χ2v) is 9.77. The molecule has 34 heavy (non-hydrogen) atoms. The number of phenols is 1. The van der Waals surface area contributed by atoms with Gasteiger partial charge in [-0.05, 0) is 30.7 Å². The summed E-state index contributed by atoms with van der Waals surface area (Å²) in [6.45, 7) is 2.15. The molecule has 2 N–H and O–H groups in total. The smallest absolute Gasteiger partial charge is 0.207 e. The molecule has 1 atom stereocenters. The first kappa shape index (κ1) is 22.9. The van der Waals surface area contributed by atoms with Crippen LogP contribution in [0.4, 0.5) is 5.13 Å². The van der Waals surface area contributed by atoms with Gasteiger partial charge in [-0.15, -0.1) is 11.3 Å². The number of anilines is 1. The molecule has 0 radical (unpaired) electrons. The molecule has 5 rings (SSSR count). The second kappa shape index (κ2) is 9.78. The maximum atomic E-state index is 10.4. The predicted octanol–water partition coefficient (Wildman–Crippen LogP) is 7.24. The van der Waals surface area contributed by atoms with E-state index in [0.717, 1.165) is 52.9 Å². The van der Waals surface area contributed by atoms with Crippen LogP contribution in [0.3, 0.4) is 0 Å². The molecule has 2 aromatic carbocycles. The van der Waals surface area contributed by atoms with E-state index in [2.05, 4.69) is 16.9 Å². The molecule has 2 aromatic heterocycles. The molecule has 0 bridgehead atoms. The van der Waals surface area contributed by atoms with Gasteiger partial charge in [0.1, 0.15) is 17.6 Å². The second-order valence-electron chi connectivity index (χ2n) is 8.14. The van der Waals surface area contributed by atoms with Crippen molar-refractivity contribution in [2.75, 3.05) is 5.01 Å². The van der Waals surface area contributed by atoms with E-state index in [1.54, 1.807) is 12.1 Å².